The van der Waals surface area contributed by atoms with Gasteiger partial charge in [-0.15, -0.1) is 11.3 Å². The molecule has 1 N–H and O–H groups in total. The van der Waals surface area contributed by atoms with Crippen molar-refractivity contribution in [3.8, 4) is 0 Å². The van der Waals surface area contributed by atoms with Crippen molar-refractivity contribution in [2.45, 2.75) is 45.1 Å². The number of amides is 2. The first-order valence-corrected chi connectivity index (χ1v) is 14.0. The van der Waals surface area contributed by atoms with Gasteiger partial charge in [0.2, 0.25) is 5.91 Å². The minimum atomic E-state index is -0.577. The molecular formula is C30H32N4O3S. The fourth-order valence-electron chi connectivity index (χ4n) is 5.23. The number of nitrogens with zero attached hydrogens (tertiary/aromatic N) is 3. The zero-order valence-electron chi connectivity index (χ0n) is 21.7. The average molecular weight is 529 g/mol. The van der Waals surface area contributed by atoms with Gasteiger partial charge in [-0.3, -0.25) is 14.4 Å². The second-order valence-electron chi connectivity index (χ2n) is 9.76. The highest BCUT2D eigenvalue weighted by Gasteiger charge is 2.30. The van der Waals surface area contributed by atoms with Crippen LogP contribution >= 0.6 is 11.3 Å². The Hall–Kier alpha value is -3.78. The molecule has 1 fully saturated rings. The number of rotatable bonds is 8. The zero-order valence-corrected chi connectivity index (χ0v) is 22.5. The molecule has 3 heterocycles. The van der Waals surface area contributed by atoms with E-state index in [0.29, 0.717) is 37.3 Å². The van der Waals surface area contributed by atoms with Crippen molar-refractivity contribution in [3.05, 3.63) is 88.0 Å². The SMILES string of the molecule is CCN(C(=O)c1csc(C2CCN(C(=O)Cc3c[nH]c4ccccc34)CC2)n1)C(C)C(=O)c1ccccc1. The molecular weight excluding hydrogens is 496 g/mol. The minimum Gasteiger partial charge on any atom is -0.361 e. The van der Waals surface area contributed by atoms with Gasteiger partial charge >= 0.3 is 0 Å². The molecule has 38 heavy (non-hydrogen) atoms. The maximum Gasteiger partial charge on any atom is 0.273 e. The molecule has 0 bridgehead atoms. The van der Waals surface area contributed by atoms with Crippen molar-refractivity contribution in [2.24, 2.45) is 0 Å². The molecule has 0 spiro atoms. The number of aromatic amines is 1. The van der Waals surface area contributed by atoms with E-state index >= 15 is 0 Å². The number of piperidine rings is 1. The Morgan fingerprint density at radius 1 is 1.08 bits per heavy atom. The zero-order chi connectivity index (χ0) is 26.6. The van der Waals surface area contributed by atoms with Crippen molar-refractivity contribution in [2.75, 3.05) is 19.6 Å². The number of aromatic nitrogens is 2. The second-order valence-corrected chi connectivity index (χ2v) is 10.6. The third-order valence-electron chi connectivity index (χ3n) is 7.46. The van der Waals surface area contributed by atoms with Gasteiger partial charge in [-0.05, 0) is 38.3 Å². The molecule has 2 aromatic carbocycles. The van der Waals surface area contributed by atoms with Gasteiger partial charge < -0.3 is 14.8 Å². The van der Waals surface area contributed by atoms with Gasteiger partial charge in [-0.1, -0.05) is 48.5 Å². The van der Waals surface area contributed by atoms with E-state index in [9.17, 15) is 14.4 Å². The smallest absolute Gasteiger partial charge is 0.273 e. The molecule has 5 rings (SSSR count). The third kappa shape index (κ3) is 5.27. The molecule has 8 heteroatoms. The molecule has 1 aliphatic rings. The maximum atomic E-state index is 13.3. The number of likely N-dealkylation sites (N-methyl/N-ethyl adjacent to an activating group) is 1. The number of Topliss-reactive ketones (excluding diaryl/α,β-unsaturated/α-hetero) is 1. The number of para-hydroxylation sites is 1. The van der Waals surface area contributed by atoms with Crippen LogP contribution in [0.3, 0.4) is 0 Å². The summed E-state index contributed by atoms with van der Waals surface area (Å²) in [5.74, 6) is 0.0510. The van der Waals surface area contributed by atoms with Crippen molar-refractivity contribution in [1.29, 1.82) is 0 Å². The number of thiazole rings is 1. The number of benzene rings is 2. The van der Waals surface area contributed by atoms with Gasteiger partial charge in [0.15, 0.2) is 5.78 Å². The molecule has 0 aliphatic carbocycles. The topological polar surface area (TPSA) is 86.4 Å². The van der Waals surface area contributed by atoms with Gasteiger partial charge in [-0.2, -0.15) is 0 Å². The Kier molecular flexibility index (Phi) is 7.69. The third-order valence-corrected chi connectivity index (χ3v) is 8.47. The lowest BCUT2D eigenvalue weighted by Crippen LogP contribution is -2.43. The van der Waals surface area contributed by atoms with E-state index in [0.717, 1.165) is 34.3 Å². The van der Waals surface area contributed by atoms with Crippen molar-refractivity contribution in [1.82, 2.24) is 19.8 Å². The van der Waals surface area contributed by atoms with E-state index < -0.39 is 6.04 Å². The summed E-state index contributed by atoms with van der Waals surface area (Å²) in [6.07, 6.45) is 3.96. The van der Waals surface area contributed by atoms with Gasteiger partial charge in [0.25, 0.3) is 5.91 Å². The Balaban J connectivity index is 1.19. The van der Waals surface area contributed by atoms with Gasteiger partial charge in [0, 0.05) is 53.6 Å². The van der Waals surface area contributed by atoms with Gasteiger partial charge in [-0.25, -0.2) is 4.98 Å². The van der Waals surface area contributed by atoms with Crippen molar-refractivity contribution >= 4 is 39.8 Å². The fraction of sp³-hybridized carbons (Fsp3) is 0.333. The van der Waals surface area contributed by atoms with Gasteiger partial charge in [0.1, 0.15) is 5.69 Å². The summed E-state index contributed by atoms with van der Waals surface area (Å²) in [6, 6.07) is 16.5. The number of carbonyl (C=O) groups is 3. The van der Waals surface area contributed by atoms with Crippen LogP contribution in [0.4, 0.5) is 0 Å². The first-order chi connectivity index (χ1) is 18.5. The number of hydrogen-bond donors (Lipinski definition) is 1. The first kappa shape index (κ1) is 25.9. The normalized spacial score (nSPS) is 14.9. The van der Waals surface area contributed by atoms with Crippen LogP contribution in [0.2, 0.25) is 0 Å². The Morgan fingerprint density at radius 2 is 1.79 bits per heavy atom. The quantitative estimate of drug-likeness (QED) is 0.314. The summed E-state index contributed by atoms with van der Waals surface area (Å²) in [5.41, 5.74) is 3.05. The molecule has 2 amide bonds. The number of ketones is 1. The first-order valence-electron chi connectivity index (χ1n) is 13.1. The lowest BCUT2D eigenvalue weighted by atomic mass is 9.97. The van der Waals surface area contributed by atoms with Crippen molar-refractivity contribution < 1.29 is 14.4 Å². The highest BCUT2D eigenvalue weighted by Crippen LogP contribution is 2.31. The molecule has 1 saturated heterocycles. The summed E-state index contributed by atoms with van der Waals surface area (Å²) in [5, 5.41) is 3.82. The molecule has 2 aromatic heterocycles. The van der Waals surface area contributed by atoms with E-state index in [4.69, 9.17) is 4.98 Å². The van der Waals surface area contributed by atoms with Crippen LogP contribution in [0.25, 0.3) is 10.9 Å². The van der Waals surface area contributed by atoms with E-state index in [1.54, 1.807) is 29.3 Å². The predicted molar refractivity (Wildman–Crippen MR) is 150 cm³/mol. The molecule has 0 saturated carbocycles. The number of nitrogens with one attached hydrogen (secondary N) is 1. The van der Waals surface area contributed by atoms with Crippen LogP contribution in [0.5, 0.6) is 0 Å². The van der Waals surface area contributed by atoms with E-state index in [1.807, 2.05) is 60.5 Å². The van der Waals surface area contributed by atoms with Crippen LogP contribution in [-0.4, -0.2) is 63.0 Å². The summed E-state index contributed by atoms with van der Waals surface area (Å²) in [6.45, 7) is 5.43. The standard InChI is InChI=1S/C30H32N4O3S/c1-3-34(20(2)28(36)21-9-5-4-6-10-21)30(37)26-19-38-29(32-26)22-13-15-33(16-14-22)27(35)17-23-18-31-25-12-8-7-11-24(23)25/h4-12,18-20,22,31H,3,13-17H2,1-2H3. The van der Waals surface area contributed by atoms with Crippen molar-refractivity contribution in [3.63, 3.8) is 0 Å². The number of fused-ring (bicyclic) bond motifs is 1. The summed E-state index contributed by atoms with van der Waals surface area (Å²) >= 11 is 1.49. The lowest BCUT2D eigenvalue weighted by molar-refractivity contribution is -0.131. The molecule has 196 valence electrons. The summed E-state index contributed by atoms with van der Waals surface area (Å²) in [4.78, 5) is 50.7. The largest absolute Gasteiger partial charge is 0.361 e. The molecule has 4 aromatic rings. The number of carbonyl (C=O) groups excluding carboxylic acids is 3. The highest BCUT2D eigenvalue weighted by atomic mass is 32.1. The van der Waals surface area contributed by atoms with Crippen LogP contribution in [-0.2, 0) is 11.2 Å². The van der Waals surface area contributed by atoms with E-state index in [1.165, 1.54) is 11.3 Å². The Morgan fingerprint density at radius 3 is 2.53 bits per heavy atom. The van der Waals surface area contributed by atoms with Gasteiger partial charge in [0.05, 0.1) is 17.5 Å². The fourth-order valence-corrected chi connectivity index (χ4v) is 6.19. The highest BCUT2D eigenvalue weighted by molar-refractivity contribution is 7.09. The maximum absolute atomic E-state index is 13.3. The summed E-state index contributed by atoms with van der Waals surface area (Å²) < 4.78 is 0. The minimum absolute atomic E-state index is 0.0825. The second kappa shape index (κ2) is 11.3. The molecule has 1 aliphatic heterocycles. The lowest BCUT2D eigenvalue weighted by Gasteiger charge is -2.31. The monoisotopic (exact) mass is 528 g/mol. The molecule has 7 nitrogen and oxygen atoms in total. The molecule has 1 unspecified atom stereocenters. The van der Waals surface area contributed by atoms with Crippen LogP contribution < -0.4 is 0 Å². The summed E-state index contributed by atoms with van der Waals surface area (Å²) in [7, 11) is 0. The average Bonchev–Trinajstić information content (AvgIpc) is 3.61. The predicted octanol–water partition coefficient (Wildman–Crippen LogP) is 5.31. The molecule has 1 atom stereocenters. The Bertz CT molecular complexity index is 1440. The van der Waals surface area contributed by atoms with Crippen LogP contribution in [0.15, 0.2) is 66.2 Å². The van der Waals surface area contributed by atoms with E-state index in [-0.39, 0.29) is 23.5 Å². The number of hydrogen-bond acceptors (Lipinski definition) is 5. The van der Waals surface area contributed by atoms with E-state index in [2.05, 4.69) is 4.98 Å². The molecule has 0 radical (unpaired) electrons. The van der Waals surface area contributed by atoms with Crippen LogP contribution in [0, 0.1) is 0 Å². The number of H-pyrrole nitrogens is 1. The Labute approximate surface area is 226 Å². The van der Waals surface area contributed by atoms with Crippen LogP contribution in [0.1, 0.15) is 64.0 Å². The number of likely N-dealkylation sites (tertiary alicyclic amines) is 1.